The third-order valence-electron chi connectivity index (χ3n) is 3.33. The van der Waals surface area contributed by atoms with Crippen LogP contribution in [0.5, 0.6) is 0 Å². The van der Waals surface area contributed by atoms with Crippen LogP contribution >= 0.6 is 22.7 Å². The molecule has 0 atom stereocenters. The topological polar surface area (TPSA) is 59.8 Å². The summed E-state index contributed by atoms with van der Waals surface area (Å²) in [5.74, 6) is -0.169. The van der Waals surface area contributed by atoms with Crippen LogP contribution in [0.3, 0.4) is 0 Å². The lowest BCUT2D eigenvalue weighted by molar-refractivity contribution is 0.103. The van der Waals surface area contributed by atoms with Crippen molar-refractivity contribution < 1.29 is 4.79 Å². The molecular formula is C16H12N4OS2. The van der Waals surface area contributed by atoms with Crippen molar-refractivity contribution in [2.24, 2.45) is 0 Å². The molecule has 3 aromatic heterocycles. The second kappa shape index (κ2) is 5.60. The molecule has 114 valence electrons. The SMILES string of the molecule is Cc1nc(-n2cccc2)sc1C(=O)Nc1nc2ccccc2s1. The van der Waals surface area contributed by atoms with E-state index in [0.29, 0.717) is 10.0 Å². The normalized spacial score (nSPS) is 11.0. The van der Waals surface area contributed by atoms with E-state index in [1.54, 1.807) is 0 Å². The fraction of sp³-hybridized carbons (Fsp3) is 0.0625. The van der Waals surface area contributed by atoms with Gasteiger partial charge in [0.25, 0.3) is 5.91 Å². The lowest BCUT2D eigenvalue weighted by atomic mass is 10.3. The number of carbonyl (C=O) groups excluding carboxylic acids is 1. The van der Waals surface area contributed by atoms with Gasteiger partial charge in [0.2, 0.25) is 0 Å². The number of rotatable bonds is 3. The number of hydrogen-bond acceptors (Lipinski definition) is 5. The Morgan fingerprint density at radius 2 is 1.87 bits per heavy atom. The highest BCUT2D eigenvalue weighted by Gasteiger charge is 2.17. The first-order chi connectivity index (χ1) is 11.2. The van der Waals surface area contributed by atoms with E-state index in [9.17, 15) is 4.79 Å². The summed E-state index contributed by atoms with van der Waals surface area (Å²) in [5.41, 5.74) is 1.61. The van der Waals surface area contributed by atoms with E-state index in [4.69, 9.17) is 0 Å². The Hall–Kier alpha value is -2.51. The summed E-state index contributed by atoms with van der Waals surface area (Å²) in [6.45, 7) is 1.84. The fourth-order valence-electron chi connectivity index (χ4n) is 2.24. The van der Waals surface area contributed by atoms with Gasteiger partial charge in [-0.15, -0.1) is 0 Å². The summed E-state index contributed by atoms with van der Waals surface area (Å²) < 4.78 is 2.95. The number of fused-ring (bicyclic) bond motifs is 1. The number of para-hydroxylation sites is 1. The van der Waals surface area contributed by atoms with Crippen molar-refractivity contribution in [2.45, 2.75) is 6.92 Å². The van der Waals surface area contributed by atoms with Crippen molar-refractivity contribution in [1.29, 1.82) is 0 Å². The zero-order chi connectivity index (χ0) is 15.8. The molecule has 0 saturated heterocycles. The van der Waals surface area contributed by atoms with Crippen LogP contribution in [0, 0.1) is 6.92 Å². The summed E-state index contributed by atoms with van der Waals surface area (Å²) >= 11 is 2.83. The highest BCUT2D eigenvalue weighted by molar-refractivity contribution is 7.22. The van der Waals surface area contributed by atoms with Crippen molar-refractivity contribution in [2.75, 3.05) is 5.32 Å². The van der Waals surface area contributed by atoms with Crippen LogP contribution in [0.1, 0.15) is 15.4 Å². The number of amides is 1. The molecule has 0 unspecified atom stereocenters. The zero-order valence-corrected chi connectivity index (χ0v) is 13.8. The largest absolute Gasteiger partial charge is 0.300 e. The number of anilines is 1. The molecule has 1 aromatic carbocycles. The Labute approximate surface area is 140 Å². The smallest absolute Gasteiger partial charge is 0.269 e. The number of thiazole rings is 2. The lowest BCUT2D eigenvalue weighted by Crippen LogP contribution is -2.11. The Kier molecular flexibility index (Phi) is 3.44. The van der Waals surface area contributed by atoms with Gasteiger partial charge in [-0.3, -0.25) is 10.1 Å². The van der Waals surface area contributed by atoms with E-state index in [2.05, 4.69) is 15.3 Å². The maximum Gasteiger partial charge on any atom is 0.269 e. The van der Waals surface area contributed by atoms with Crippen LogP contribution < -0.4 is 5.32 Å². The fourth-order valence-corrected chi connectivity index (χ4v) is 4.04. The van der Waals surface area contributed by atoms with E-state index in [-0.39, 0.29) is 5.91 Å². The predicted octanol–water partition coefficient (Wildman–Crippen LogP) is 4.10. The van der Waals surface area contributed by atoms with Crippen LogP contribution in [0.4, 0.5) is 5.13 Å². The Bertz CT molecular complexity index is 952. The van der Waals surface area contributed by atoms with Crippen LogP contribution in [-0.2, 0) is 0 Å². The molecule has 0 spiro atoms. The number of hydrogen-bond donors (Lipinski definition) is 1. The second-order valence-corrected chi connectivity index (χ2v) is 6.95. The minimum absolute atomic E-state index is 0.169. The highest BCUT2D eigenvalue weighted by Crippen LogP contribution is 2.27. The second-order valence-electron chi connectivity index (χ2n) is 4.94. The Balaban J connectivity index is 1.61. The quantitative estimate of drug-likeness (QED) is 0.611. The molecule has 1 N–H and O–H groups in total. The van der Waals surface area contributed by atoms with E-state index in [0.717, 1.165) is 21.0 Å². The highest BCUT2D eigenvalue weighted by atomic mass is 32.1. The molecule has 0 fully saturated rings. The Morgan fingerprint density at radius 3 is 2.65 bits per heavy atom. The van der Waals surface area contributed by atoms with Gasteiger partial charge in [0, 0.05) is 12.4 Å². The molecule has 0 aliphatic heterocycles. The van der Waals surface area contributed by atoms with Crippen LogP contribution in [0.15, 0.2) is 48.8 Å². The van der Waals surface area contributed by atoms with E-state index in [1.807, 2.05) is 60.3 Å². The third kappa shape index (κ3) is 2.64. The van der Waals surface area contributed by atoms with Gasteiger partial charge in [-0.1, -0.05) is 34.8 Å². The van der Waals surface area contributed by atoms with E-state index in [1.165, 1.54) is 22.7 Å². The minimum atomic E-state index is -0.169. The molecule has 0 radical (unpaired) electrons. The third-order valence-corrected chi connectivity index (χ3v) is 5.45. The standard InChI is InChI=1S/C16H12N4OS2/c1-10-13(23-16(17-10)20-8-4-5-9-20)14(21)19-15-18-11-6-2-3-7-12(11)22-15/h2-9H,1H3,(H,18,19,21). The van der Waals surface area contributed by atoms with Crippen LogP contribution in [0.25, 0.3) is 15.3 Å². The average molecular weight is 340 g/mol. The monoisotopic (exact) mass is 340 g/mol. The molecule has 23 heavy (non-hydrogen) atoms. The predicted molar refractivity (Wildman–Crippen MR) is 93.8 cm³/mol. The van der Waals surface area contributed by atoms with Gasteiger partial charge in [0.05, 0.1) is 15.9 Å². The summed E-state index contributed by atoms with van der Waals surface area (Å²) in [6.07, 6.45) is 3.82. The van der Waals surface area contributed by atoms with Gasteiger partial charge in [-0.2, -0.15) is 0 Å². The summed E-state index contributed by atoms with van der Waals surface area (Å²) in [7, 11) is 0. The van der Waals surface area contributed by atoms with E-state index < -0.39 is 0 Å². The number of nitrogens with one attached hydrogen (secondary N) is 1. The van der Waals surface area contributed by atoms with Gasteiger partial charge in [-0.05, 0) is 31.2 Å². The summed E-state index contributed by atoms with van der Waals surface area (Å²) in [6, 6.07) is 11.7. The van der Waals surface area contributed by atoms with Gasteiger partial charge in [0.15, 0.2) is 10.3 Å². The lowest BCUT2D eigenvalue weighted by Gasteiger charge is -1.98. The molecule has 5 nitrogen and oxygen atoms in total. The van der Waals surface area contributed by atoms with Gasteiger partial charge >= 0.3 is 0 Å². The summed E-state index contributed by atoms with van der Waals surface area (Å²) in [4.78, 5) is 22.0. The molecule has 1 amide bonds. The molecule has 0 bridgehead atoms. The number of benzene rings is 1. The maximum atomic E-state index is 12.5. The molecule has 4 rings (SSSR count). The van der Waals surface area contributed by atoms with E-state index >= 15 is 0 Å². The van der Waals surface area contributed by atoms with Crippen molar-refractivity contribution in [3.63, 3.8) is 0 Å². The first-order valence-electron chi connectivity index (χ1n) is 6.98. The molecule has 3 heterocycles. The first kappa shape index (κ1) is 14.1. The molecule has 7 heteroatoms. The number of carbonyl (C=O) groups is 1. The Morgan fingerprint density at radius 1 is 1.09 bits per heavy atom. The van der Waals surface area contributed by atoms with Gasteiger partial charge in [0.1, 0.15) is 4.88 Å². The average Bonchev–Trinajstić information content (AvgIpc) is 3.25. The van der Waals surface area contributed by atoms with Crippen molar-refractivity contribution in [3.8, 4) is 5.13 Å². The van der Waals surface area contributed by atoms with Crippen molar-refractivity contribution in [1.82, 2.24) is 14.5 Å². The van der Waals surface area contributed by atoms with Crippen LogP contribution in [0.2, 0.25) is 0 Å². The molecule has 4 aromatic rings. The zero-order valence-electron chi connectivity index (χ0n) is 12.2. The number of aryl methyl sites for hydroxylation is 1. The van der Waals surface area contributed by atoms with Gasteiger partial charge < -0.3 is 4.57 Å². The van der Waals surface area contributed by atoms with Crippen molar-refractivity contribution >= 4 is 43.9 Å². The summed E-state index contributed by atoms with van der Waals surface area (Å²) in [5, 5.41) is 4.26. The maximum absolute atomic E-state index is 12.5. The first-order valence-corrected chi connectivity index (χ1v) is 8.62. The number of aromatic nitrogens is 3. The molecule has 0 aliphatic rings. The van der Waals surface area contributed by atoms with Crippen LogP contribution in [-0.4, -0.2) is 20.4 Å². The molecular weight excluding hydrogens is 328 g/mol. The van der Waals surface area contributed by atoms with Gasteiger partial charge in [-0.25, -0.2) is 9.97 Å². The molecule has 0 aliphatic carbocycles. The molecule has 0 saturated carbocycles. The minimum Gasteiger partial charge on any atom is -0.300 e. The number of nitrogens with zero attached hydrogens (tertiary/aromatic N) is 3. The van der Waals surface area contributed by atoms with Crippen molar-refractivity contribution in [3.05, 3.63) is 59.4 Å².